The summed E-state index contributed by atoms with van der Waals surface area (Å²) in [5.41, 5.74) is 5.98. The van der Waals surface area contributed by atoms with Gasteiger partial charge < -0.3 is 20.5 Å². The van der Waals surface area contributed by atoms with E-state index in [1.54, 1.807) is 19.1 Å². The van der Waals surface area contributed by atoms with Gasteiger partial charge in [-0.2, -0.15) is 15.0 Å². The number of aliphatic hydroxyl groups is 1. The van der Waals surface area contributed by atoms with E-state index in [0.29, 0.717) is 23.5 Å². The van der Waals surface area contributed by atoms with Crippen LogP contribution in [0.25, 0.3) is 0 Å². The van der Waals surface area contributed by atoms with E-state index >= 15 is 0 Å². The number of amides is 1. The number of carbonyl (C=O) groups excluding carboxylic acids is 1. The van der Waals surface area contributed by atoms with Crippen LogP contribution in [0.4, 0.5) is 22.6 Å². The van der Waals surface area contributed by atoms with Gasteiger partial charge in [-0.25, -0.2) is 10.2 Å². The number of ether oxygens (including phenoxy) is 1. The van der Waals surface area contributed by atoms with Gasteiger partial charge in [0.2, 0.25) is 17.8 Å². The topological polar surface area (TPSA) is 133 Å². The van der Waals surface area contributed by atoms with Crippen molar-refractivity contribution in [2.24, 2.45) is 0 Å². The van der Waals surface area contributed by atoms with Gasteiger partial charge in [-0.1, -0.05) is 36.6 Å². The SMILES string of the molecule is CCOC(=O)NNc1nc(NCc2ccc(Cl)cc2)nc(NC2CCCCC2O)n1. The van der Waals surface area contributed by atoms with Crippen molar-refractivity contribution in [1.29, 1.82) is 0 Å². The standard InChI is InChI=1S/C19H26ClN7O3/c1-2-30-19(29)27-26-18-24-16(21-11-12-7-9-13(20)10-8-12)23-17(25-18)22-14-5-3-4-6-15(14)28/h7-10,14-15,28H,2-6,11H2,1H3,(H,27,29)(H3,21,22,23,24,25,26). The molecule has 0 radical (unpaired) electrons. The van der Waals surface area contributed by atoms with Gasteiger partial charge in [0.15, 0.2) is 0 Å². The van der Waals surface area contributed by atoms with Crippen LogP contribution in [0, 0.1) is 0 Å². The van der Waals surface area contributed by atoms with Crippen molar-refractivity contribution in [3.8, 4) is 0 Å². The maximum atomic E-state index is 11.5. The molecule has 0 bridgehead atoms. The molecule has 0 spiro atoms. The molecule has 11 heteroatoms. The van der Waals surface area contributed by atoms with E-state index < -0.39 is 12.2 Å². The number of hydrazine groups is 1. The molecule has 1 aromatic carbocycles. The first-order valence-electron chi connectivity index (χ1n) is 9.91. The number of nitrogens with zero attached hydrogens (tertiary/aromatic N) is 3. The normalized spacial score (nSPS) is 18.4. The minimum atomic E-state index is -0.647. The maximum Gasteiger partial charge on any atom is 0.426 e. The number of aliphatic hydroxyl groups excluding tert-OH is 1. The summed E-state index contributed by atoms with van der Waals surface area (Å²) in [5, 5.41) is 17.2. The smallest absolute Gasteiger partial charge is 0.426 e. The van der Waals surface area contributed by atoms with Gasteiger partial charge in [-0.05, 0) is 37.5 Å². The fraction of sp³-hybridized carbons (Fsp3) is 0.474. The minimum absolute atomic E-state index is 0.129. The second-order valence-electron chi connectivity index (χ2n) is 6.86. The summed E-state index contributed by atoms with van der Waals surface area (Å²) in [6.07, 6.45) is 2.47. The van der Waals surface area contributed by atoms with Crippen LogP contribution in [-0.4, -0.2) is 44.9 Å². The lowest BCUT2D eigenvalue weighted by atomic mass is 9.93. The predicted molar refractivity (Wildman–Crippen MR) is 114 cm³/mol. The highest BCUT2D eigenvalue weighted by Gasteiger charge is 2.24. The Morgan fingerprint density at radius 3 is 2.57 bits per heavy atom. The van der Waals surface area contributed by atoms with Crippen LogP contribution in [0.15, 0.2) is 24.3 Å². The van der Waals surface area contributed by atoms with E-state index in [1.807, 2.05) is 12.1 Å². The molecule has 1 amide bonds. The predicted octanol–water partition coefficient (Wildman–Crippen LogP) is 2.93. The Bertz CT molecular complexity index is 837. The fourth-order valence-corrected chi connectivity index (χ4v) is 3.20. The van der Waals surface area contributed by atoms with Crippen LogP contribution in [0.2, 0.25) is 5.02 Å². The number of carbonyl (C=O) groups is 1. The Balaban J connectivity index is 1.72. The number of benzene rings is 1. The third kappa shape index (κ3) is 6.60. The third-order valence-corrected chi connectivity index (χ3v) is 4.85. The molecule has 0 aliphatic heterocycles. The number of nitrogens with one attached hydrogen (secondary N) is 4. The van der Waals surface area contributed by atoms with E-state index in [1.165, 1.54) is 0 Å². The molecule has 1 saturated carbocycles. The molecule has 0 saturated heterocycles. The largest absolute Gasteiger partial charge is 0.449 e. The van der Waals surface area contributed by atoms with Crippen LogP contribution in [-0.2, 0) is 11.3 Å². The van der Waals surface area contributed by atoms with Gasteiger partial charge in [0.1, 0.15) is 0 Å². The van der Waals surface area contributed by atoms with Gasteiger partial charge in [0.25, 0.3) is 0 Å². The molecule has 30 heavy (non-hydrogen) atoms. The van der Waals surface area contributed by atoms with Gasteiger partial charge in [0, 0.05) is 11.6 Å². The quantitative estimate of drug-likeness (QED) is 0.397. The van der Waals surface area contributed by atoms with Crippen molar-refractivity contribution < 1.29 is 14.6 Å². The molecular weight excluding hydrogens is 410 g/mol. The average Bonchev–Trinajstić information content (AvgIpc) is 2.74. The van der Waals surface area contributed by atoms with Gasteiger partial charge in [-0.15, -0.1) is 0 Å². The number of hydrogen-bond donors (Lipinski definition) is 5. The highest BCUT2D eigenvalue weighted by atomic mass is 35.5. The lowest BCUT2D eigenvalue weighted by Crippen LogP contribution is -2.37. The van der Waals surface area contributed by atoms with Crippen molar-refractivity contribution in [2.75, 3.05) is 22.7 Å². The molecular formula is C19H26ClN7O3. The Hall–Kier alpha value is -2.85. The Morgan fingerprint density at radius 1 is 1.13 bits per heavy atom. The summed E-state index contributed by atoms with van der Waals surface area (Å²) in [6.45, 7) is 2.42. The molecule has 2 unspecified atom stereocenters. The molecule has 2 aromatic rings. The summed E-state index contributed by atoms with van der Waals surface area (Å²) in [6, 6.07) is 7.26. The molecule has 2 atom stereocenters. The second-order valence-corrected chi connectivity index (χ2v) is 7.30. The monoisotopic (exact) mass is 435 g/mol. The number of rotatable bonds is 8. The summed E-state index contributed by atoms with van der Waals surface area (Å²) in [5.74, 6) is 0.730. The number of hydrogen-bond acceptors (Lipinski definition) is 9. The first-order chi connectivity index (χ1) is 14.5. The van der Waals surface area contributed by atoms with Crippen molar-refractivity contribution in [1.82, 2.24) is 20.4 Å². The highest BCUT2D eigenvalue weighted by Crippen LogP contribution is 2.22. The maximum absolute atomic E-state index is 11.5. The van der Waals surface area contributed by atoms with E-state index in [2.05, 4.69) is 36.4 Å². The first-order valence-corrected chi connectivity index (χ1v) is 10.3. The Kier molecular flexibility index (Phi) is 7.86. The summed E-state index contributed by atoms with van der Waals surface area (Å²) >= 11 is 5.92. The highest BCUT2D eigenvalue weighted by molar-refractivity contribution is 6.30. The molecule has 3 rings (SSSR count). The van der Waals surface area contributed by atoms with Crippen molar-refractivity contribution in [3.63, 3.8) is 0 Å². The van der Waals surface area contributed by atoms with E-state index in [-0.39, 0.29) is 18.6 Å². The number of anilines is 3. The lowest BCUT2D eigenvalue weighted by Gasteiger charge is -2.28. The van der Waals surface area contributed by atoms with Gasteiger partial charge in [-0.3, -0.25) is 5.43 Å². The van der Waals surface area contributed by atoms with Gasteiger partial charge >= 0.3 is 6.09 Å². The van der Waals surface area contributed by atoms with Crippen LogP contribution >= 0.6 is 11.6 Å². The van der Waals surface area contributed by atoms with Crippen molar-refractivity contribution in [2.45, 2.75) is 51.3 Å². The van der Waals surface area contributed by atoms with E-state index in [4.69, 9.17) is 16.3 Å². The van der Waals surface area contributed by atoms with Crippen molar-refractivity contribution >= 4 is 35.5 Å². The molecule has 5 N–H and O–H groups in total. The molecule has 1 aromatic heterocycles. The molecule has 1 aliphatic carbocycles. The molecule has 1 fully saturated rings. The molecule has 1 aliphatic rings. The lowest BCUT2D eigenvalue weighted by molar-refractivity contribution is 0.116. The van der Waals surface area contributed by atoms with Crippen LogP contribution in [0.3, 0.4) is 0 Å². The first kappa shape index (κ1) is 21.8. The third-order valence-electron chi connectivity index (χ3n) is 4.60. The zero-order valence-corrected chi connectivity index (χ0v) is 17.4. The molecule has 162 valence electrons. The summed E-state index contributed by atoms with van der Waals surface area (Å²) < 4.78 is 4.82. The van der Waals surface area contributed by atoms with Crippen molar-refractivity contribution in [3.05, 3.63) is 34.9 Å². The Labute approximate surface area is 179 Å². The van der Waals surface area contributed by atoms with Crippen LogP contribution < -0.4 is 21.5 Å². The zero-order chi connectivity index (χ0) is 21.3. The number of aromatic nitrogens is 3. The van der Waals surface area contributed by atoms with Gasteiger partial charge in [0.05, 0.1) is 18.8 Å². The second kappa shape index (κ2) is 10.8. The average molecular weight is 436 g/mol. The zero-order valence-electron chi connectivity index (χ0n) is 16.7. The molecule has 1 heterocycles. The van der Waals surface area contributed by atoms with E-state index in [0.717, 1.165) is 31.2 Å². The minimum Gasteiger partial charge on any atom is -0.449 e. The molecule has 10 nitrogen and oxygen atoms in total. The number of halogens is 1. The van der Waals surface area contributed by atoms with E-state index in [9.17, 15) is 9.90 Å². The van der Waals surface area contributed by atoms with Crippen LogP contribution in [0.5, 0.6) is 0 Å². The Morgan fingerprint density at radius 2 is 1.83 bits per heavy atom. The fourth-order valence-electron chi connectivity index (χ4n) is 3.08. The van der Waals surface area contributed by atoms with Crippen LogP contribution in [0.1, 0.15) is 38.2 Å². The summed E-state index contributed by atoms with van der Waals surface area (Å²) in [7, 11) is 0. The summed E-state index contributed by atoms with van der Waals surface area (Å²) in [4.78, 5) is 24.5.